The highest BCUT2D eigenvalue weighted by Crippen LogP contribution is 2.72. The van der Waals surface area contributed by atoms with Gasteiger partial charge in [-0.05, 0) is 61.8 Å². The maximum atomic E-state index is 14.1. The molecule has 9 nitrogen and oxygen atoms in total. The van der Waals surface area contributed by atoms with Crippen LogP contribution < -0.4 is 0 Å². The molecule has 4 aliphatic rings. The van der Waals surface area contributed by atoms with Crippen molar-refractivity contribution < 1.29 is 42.9 Å². The van der Waals surface area contributed by atoms with Crippen LogP contribution in [0.2, 0.25) is 0 Å². The van der Waals surface area contributed by atoms with Gasteiger partial charge in [0.25, 0.3) is 0 Å². The number of fused-ring (bicyclic) bond motifs is 5. The van der Waals surface area contributed by atoms with E-state index >= 15 is 0 Å². The molecule has 1 N–H and O–H groups in total. The minimum Gasteiger partial charge on any atom is -0.457 e. The quantitative estimate of drug-likeness (QED) is 0.381. The molecular formula is C30H35ClO9. The van der Waals surface area contributed by atoms with Crippen molar-refractivity contribution in [3.63, 3.8) is 0 Å². The molecule has 1 aromatic heterocycles. The van der Waals surface area contributed by atoms with Crippen LogP contribution in [0.1, 0.15) is 57.0 Å². The number of furan rings is 1. The van der Waals surface area contributed by atoms with Gasteiger partial charge in [-0.25, -0.2) is 9.59 Å². The number of esters is 2. The summed E-state index contributed by atoms with van der Waals surface area (Å²) in [5, 5.41) is 11.9. The van der Waals surface area contributed by atoms with Crippen LogP contribution in [-0.2, 0) is 28.6 Å². The first-order valence-corrected chi connectivity index (χ1v) is 14.0. The standard InChI is InChI=1S/C30H35ClO9/c1-17-12-21-20-8-7-18-13-19(32)9-10-27(18,2)29(20,31)23(33)14-28(21,3)30(17,24(34)15-39-25(35)16-37-4)40-26(36)22-6-5-11-38-22/h5-6,9-11,13,17,20-21,23,33H,7-8,12,14-16H2,1-4H3/t17?,20-,21-,23?,27-,28-,29-,30-/m0/s1. The van der Waals surface area contributed by atoms with E-state index in [9.17, 15) is 24.3 Å². The zero-order valence-electron chi connectivity index (χ0n) is 23.1. The van der Waals surface area contributed by atoms with E-state index in [-0.39, 0.29) is 36.4 Å². The van der Waals surface area contributed by atoms with Gasteiger partial charge in [0, 0.05) is 23.9 Å². The summed E-state index contributed by atoms with van der Waals surface area (Å²) in [5.41, 5.74) is -2.67. The van der Waals surface area contributed by atoms with E-state index < -0.39 is 57.7 Å². The maximum absolute atomic E-state index is 14.1. The van der Waals surface area contributed by atoms with Gasteiger partial charge < -0.3 is 23.7 Å². The van der Waals surface area contributed by atoms with E-state index in [2.05, 4.69) is 0 Å². The van der Waals surface area contributed by atoms with Gasteiger partial charge in [0.05, 0.1) is 17.2 Å². The van der Waals surface area contributed by atoms with E-state index in [0.29, 0.717) is 19.3 Å². The third-order valence-corrected chi connectivity index (χ3v) is 11.1. The van der Waals surface area contributed by atoms with E-state index in [1.165, 1.54) is 25.5 Å². The van der Waals surface area contributed by atoms with Crippen molar-refractivity contribution in [2.45, 2.75) is 63.0 Å². The average Bonchev–Trinajstić information content (AvgIpc) is 3.51. The molecule has 5 rings (SSSR count). The van der Waals surface area contributed by atoms with Crippen molar-refractivity contribution >= 4 is 35.1 Å². The van der Waals surface area contributed by atoms with E-state index in [1.54, 1.807) is 18.2 Å². The number of ketones is 2. The number of carbonyl (C=O) groups excluding carboxylic acids is 4. The van der Waals surface area contributed by atoms with Gasteiger partial charge in [-0.2, -0.15) is 0 Å². The van der Waals surface area contributed by atoms with Crippen LogP contribution in [-0.4, -0.2) is 65.5 Å². The molecule has 3 saturated carbocycles. The second kappa shape index (κ2) is 9.96. The number of allylic oxidation sites excluding steroid dienone is 4. The summed E-state index contributed by atoms with van der Waals surface area (Å²) >= 11 is 7.52. The molecule has 1 heterocycles. The summed E-state index contributed by atoms with van der Waals surface area (Å²) in [7, 11) is 1.34. The minimum absolute atomic E-state index is 0.0514. The van der Waals surface area contributed by atoms with E-state index in [4.69, 9.17) is 30.2 Å². The van der Waals surface area contributed by atoms with Crippen molar-refractivity contribution in [2.75, 3.05) is 20.3 Å². The third kappa shape index (κ3) is 3.88. The van der Waals surface area contributed by atoms with Crippen LogP contribution in [0, 0.1) is 28.6 Å². The molecular weight excluding hydrogens is 540 g/mol. The Bertz CT molecular complexity index is 1280. The fourth-order valence-corrected chi connectivity index (χ4v) is 8.93. The van der Waals surface area contributed by atoms with Crippen molar-refractivity contribution in [2.24, 2.45) is 28.6 Å². The number of aliphatic hydroxyl groups is 1. The molecule has 4 aliphatic carbocycles. The van der Waals surface area contributed by atoms with Crippen molar-refractivity contribution in [1.82, 2.24) is 0 Å². The Morgan fingerprint density at radius 2 is 1.95 bits per heavy atom. The highest BCUT2D eigenvalue weighted by Gasteiger charge is 2.76. The van der Waals surface area contributed by atoms with E-state index in [1.807, 2.05) is 20.8 Å². The summed E-state index contributed by atoms with van der Waals surface area (Å²) in [5.74, 6) is -3.27. The Morgan fingerprint density at radius 1 is 1.20 bits per heavy atom. The van der Waals surface area contributed by atoms with Gasteiger partial charge in [0.1, 0.15) is 6.61 Å². The second-order valence-corrected chi connectivity index (χ2v) is 12.6. The lowest BCUT2D eigenvalue weighted by molar-refractivity contribution is -0.184. The maximum Gasteiger partial charge on any atom is 0.375 e. The fourth-order valence-electron chi connectivity index (χ4n) is 8.40. The highest BCUT2D eigenvalue weighted by molar-refractivity contribution is 6.26. The number of hydrogen-bond donors (Lipinski definition) is 1. The first kappa shape index (κ1) is 28.8. The molecule has 3 fully saturated rings. The first-order chi connectivity index (χ1) is 18.8. The molecule has 216 valence electrons. The van der Waals surface area contributed by atoms with Gasteiger partial charge in [-0.1, -0.05) is 32.4 Å². The fraction of sp³-hybridized carbons (Fsp3) is 0.600. The second-order valence-electron chi connectivity index (χ2n) is 12.0. The predicted molar refractivity (Wildman–Crippen MR) is 142 cm³/mol. The predicted octanol–water partition coefficient (Wildman–Crippen LogP) is 3.82. The van der Waals surface area contributed by atoms with Crippen LogP contribution in [0.15, 0.2) is 46.6 Å². The van der Waals surface area contributed by atoms with Gasteiger partial charge in [0.15, 0.2) is 18.0 Å². The highest BCUT2D eigenvalue weighted by atomic mass is 35.5. The molecule has 0 amide bonds. The van der Waals surface area contributed by atoms with Crippen molar-refractivity contribution in [3.8, 4) is 0 Å². The Balaban J connectivity index is 1.58. The lowest BCUT2D eigenvalue weighted by Gasteiger charge is -2.64. The third-order valence-electron chi connectivity index (χ3n) is 10.2. The lowest BCUT2D eigenvalue weighted by Crippen LogP contribution is -2.69. The Kier molecular flexibility index (Phi) is 7.16. The molecule has 2 unspecified atom stereocenters. The van der Waals surface area contributed by atoms with Gasteiger partial charge in [-0.3, -0.25) is 9.59 Å². The molecule has 10 heteroatoms. The Labute approximate surface area is 237 Å². The van der Waals surface area contributed by atoms with Crippen LogP contribution in [0.3, 0.4) is 0 Å². The van der Waals surface area contributed by atoms with Crippen molar-refractivity contribution in [3.05, 3.63) is 48.0 Å². The Hall–Kier alpha value is -2.75. The average molecular weight is 575 g/mol. The molecule has 1 aromatic rings. The zero-order chi connectivity index (χ0) is 29.1. The summed E-state index contributed by atoms with van der Waals surface area (Å²) in [4.78, 5) is 50.6. The molecule has 8 atom stereocenters. The number of alkyl halides is 1. The van der Waals surface area contributed by atoms with Crippen LogP contribution in [0.5, 0.6) is 0 Å². The topological polar surface area (TPSA) is 129 Å². The molecule has 0 bridgehead atoms. The molecule has 0 aromatic carbocycles. The Morgan fingerprint density at radius 3 is 2.62 bits per heavy atom. The largest absolute Gasteiger partial charge is 0.457 e. The van der Waals surface area contributed by atoms with Crippen LogP contribution in [0.4, 0.5) is 0 Å². The monoisotopic (exact) mass is 574 g/mol. The van der Waals surface area contributed by atoms with E-state index in [0.717, 1.165) is 5.57 Å². The smallest absolute Gasteiger partial charge is 0.375 e. The molecule has 0 spiro atoms. The van der Waals surface area contributed by atoms with Gasteiger partial charge >= 0.3 is 11.9 Å². The number of ether oxygens (including phenoxy) is 3. The lowest BCUT2D eigenvalue weighted by atomic mass is 9.45. The normalized spacial score (nSPS) is 40.0. The zero-order valence-corrected chi connectivity index (χ0v) is 23.9. The molecule has 0 saturated heterocycles. The summed E-state index contributed by atoms with van der Waals surface area (Å²) < 4.78 is 21.4. The number of methoxy groups -OCH3 is 1. The number of hydrogen-bond acceptors (Lipinski definition) is 9. The van der Waals surface area contributed by atoms with Gasteiger partial charge in [-0.15, -0.1) is 11.6 Å². The van der Waals surface area contributed by atoms with Crippen LogP contribution in [0.25, 0.3) is 0 Å². The SMILES string of the molecule is COCC(=O)OCC(=O)[C@@]1(OC(=O)c2ccco2)C(C)C[C@H]2[C@@H]3CCC4=CC(=O)C=C[C@]4(C)[C@@]3(Cl)C(O)C[C@@]21C. The summed E-state index contributed by atoms with van der Waals surface area (Å²) in [6, 6.07) is 2.99. The number of halogens is 1. The number of carbonyl (C=O) groups is 4. The van der Waals surface area contributed by atoms with Crippen molar-refractivity contribution in [1.29, 1.82) is 0 Å². The summed E-state index contributed by atoms with van der Waals surface area (Å²) in [6.07, 6.45) is 6.90. The van der Waals surface area contributed by atoms with Crippen LogP contribution >= 0.6 is 11.6 Å². The molecule has 40 heavy (non-hydrogen) atoms. The minimum atomic E-state index is -1.73. The van der Waals surface area contributed by atoms with Gasteiger partial charge in [0.2, 0.25) is 11.5 Å². The number of Topliss-reactive ketones (excluding diaryl/α,β-unsaturated/α-hetero) is 1. The first-order valence-electron chi connectivity index (χ1n) is 13.6. The number of aliphatic hydroxyl groups excluding tert-OH is 1. The summed E-state index contributed by atoms with van der Waals surface area (Å²) in [6.45, 7) is 4.70. The molecule has 0 radical (unpaired) electrons. The molecule has 0 aliphatic heterocycles. The number of rotatable bonds is 7.